The van der Waals surface area contributed by atoms with Crippen LogP contribution in [0.25, 0.3) is 0 Å². The van der Waals surface area contributed by atoms with E-state index in [1.165, 1.54) is 0 Å². The minimum absolute atomic E-state index is 0.441. The summed E-state index contributed by atoms with van der Waals surface area (Å²) < 4.78 is 16.5. The molecule has 1 rings (SSSR count). The Kier molecular flexibility index (Phi) is 6.45. The van der Waals surface area contributed by atoms with E-state index in [2.05, 4.69) is 12.2 Å². The molecule has 0 aromatic carbocycles. The summed E-state index contributed by atoms with van der Waals surface area (Å²) in [6, 6.07) is 0.606. The number of hydrogen-bond acceptors (Lipinski definition) is 3. The van der Waals surface area contributed by atoms with Crippen molar-refractivity contribution in [3.8, 4) is 0 Å². The Morgan fingerprint density at radius 2 is 2.33 bits per heavy atom. The van der Waals surface area contributed by atoms with Crippen LogP contribution in [0.3, 0.4) is 0 Å². The van der Waals surface area contributed by atoms with Gasteiger partial charge in [0.2, 0.25) is 0 Å². The van der Waals surface area contributed by atoms with Crippen LogP contribution >= 0.6 is 0 Å². The molecule has 1 fully saturated rings. The first-order chi connectivity index (χ1) is 7.22. The average Bonchev–Trinajstić information content (AvgIpc) is 2.24. The summed E-state index contributed by atoms with van der Waals surface area (Å²) in [5.41, 5.74) is 0. The van der Waals surface area contributed by atoms with Crippen LogP contribution in [0, 0.1) is 0 Å². The molecule has 90 valence electrons. The molecule has 15 heavy (non-hydrogen) atoms. The third-order valence-corrected chi connectivity index (χ3v) is 3.73. The maximum Gasteiger partial charge on any atom is 0.0587 e. The second-order valence-corrected chi connectivity index (χ2v) is 5.76. The highest BCUT2D eigenvalue weighted by Crippen LogP contribution is 2.15. The van der Waals surface area contributed by atoms with Crippen LogP contribution < -0.4 is 5.32 Å². The first-order valence-corrected chi connectivity index (χ1v) is 7.60. The summed E-state index contributed by atoms with van der Waals surface area (Å²) in [5.74, 6) is 0.813. The summed E-state index contributed by atoms with van der Waals surface area (Å²) in [7, 11) is -0.645. The monoisotopic (exact) mass is 233 g/mol. The summed E-state index contributed by atoms with van der Waals surface area (Å²) >= 11 is 0. The lowest BCUT2D eigenvalue weighted by Crippen LogP contribution is -2.39. The predicted molar refractivity (Wildman–Crippen MR) is 64.6 cm³/mol. The van der Waals surface area contributed by atoms with Crippen molar-refractivity contribution in [2.45, 2.75) is 44.8 Å². The molecular weight excluding hydrogens is 210 g/mol. The lowest BCUT2D eigenvalue weighted by Gasteiger charge is -2.29. The smallest absolute Gasteiger partial charge is 0.0587 e. The molecule has 3 atom stereocenters. The maximum absolute atomic E-state index is 10.9. The molecule has 0 spiro atoms. The first kappa shape index (κ1) is 13.1. The number of nitrogens with one attached hydrogen (secondary N) is 1. The van der Waals surface area contributed by atoms with Gasteiger partial charge in [0, 0.05) is 35.5 Å². The zero-order valence-electron chi connectivity index (χ0n) is 9.83. The maximum atomic E-state index is 10.9. The van der Waals surface area contributed by atoms with Crippen LogP contribution in [0.5, 0.6) is 0 Å². The van der Waals surface area contributed by atoms with Gasteiger partial charge >= 0.3 is 0 Å². The first-order valence-electron chi connectivity index (χ1n) is 5.87. The molecule has 3 nitrogen and oxygen atoms in total. The minimum atomic E-state index is -0.645. The number of ether oxygens (including phenoxy) is 1. The largest absolute Gasteiger partial charge is 0.378 e. The molecule has 0 aliphatic carbocycles. The minimum Gasteiger partial charge on any atom is -0.378 e. The van der Waals surface area contributed by atoms with Crippen LogP contribution in [0.1, 0.15) is 32.6 Å². The molecule has 1 aliphatic heterocycles. The van der Waals surface area contributed by atoms with Crippen LogP contribution in [0.2, 0.25) is 0 Å². The van der Waals surface area contributed by atoms with Crippen LogP contribution in [0.15, 0.2) is 0 Å². The van der Waals surface area contributed by atoms with E-state index in [0.717, 1.165) is 44.6 Å². The van der Waals surface area contributed by atoms with E-state index in [-0.39, 0.29) is 0 Å². The van der Waals surface area contributed by atoms with Gasteiger partial charge in [0.25, 0.3) is 0 Å². The van der Waals surface area contributed by atoms with E-state index in [4.69, 9.17) is 4.74 Å². The third kappa shape index (κ3) is 5.64. The van der Waals surface area contributed by atoms with Gasteiger partial charge in [-0.1, -0.05) is 6.92 Å². The van der Waals surface area contributed by atoms with Gasteiger partial charge in [-0.2, -0.15) is 0 Å². The Morgan fingerprint density at radius 1 is 1.53 bits per heavy atom. The fourth-order valence-electron chi connectivity index (χ4n) is 1.93. The van der Waals surface area contributed by atoms with E-state index in [0.29, 0.717) is 12.1 Å². The molecule has 0 saturated carbocycles. The van der Waals surface area contributed by atoms with Gasteiger partial charge in [-0.3, -0.25) is 4.21 Å². The quantitative estimate of drug-likeness (QED) is 0.703. The average molecular weight is 233 g/mol. The molecule has 3 unspecified atom stereocenters. The van der Waals surface area contributed by atoms with Crippen molar-refractivity contribution < 1.29 is 8.95 Å². The molecule has 1 N–H and O–H groups in total. The summed E-state index contributed by atoms with van der Waals surface area (Å²) in [6.45, 7) is 4.05. The van der Waals surface area contributed by atoms with Gasteiger partial charge in [0.05, 0.1) is 6.10 Å². The van der Waals surface area contributed by atoms with Crippen molar-refractivity contribution in [2.24, 2.45) is 0 Å². The highest BCUT2D eigenvalue weighted by molar-refractivity contribution is 7.84. The highest BCUT2D eigenvalue weighted by atomic mass is 32.2. The molecular formula is C11H23NO2S. The number of rotatable bonds is 6. The second-order valence-electron chi connectivity index (χ2n) is 4.21. The van der Waals surface area contributed by atoms with E-state index >= 15 is 0 Å². The van der Waals surface area contributed by atoms with E-state index in [1.54, 1.807) is 6.26 Å². The van der Waals surface area contributed by atoms with Gasteiger partial charge in [-0.15, -0.1) is 0 Å². The Balaban J connectivity index is 2.07. The third-order valence-electron chi connectivity index (χ3n) is 2.86. The Labute approximate surface area is 95.4 Å². The standard InChI is InChI=1S/C11H23NO2S/c1-3-11-9-10(5-7-14-11)12-6-4-8-15(2)13/h10-12H,3-9H2,1-2H3. The lowest BCUT2D eigenvalue weighted by molar-refractivity contribution is 0.0000811. The van der Waals surface area contributed by atoms with Crippen LogP contribution in [0.4, 0.5) is 0 Å². The lowest BCUT2D eigenvalue weighted by atomic mass is 10.0. The number of hydrogen-bond donors (Lipinski definition) is 1. The normalized spacial score (nSPS) is 28.9. The SMILES string of the molecule is CCC1CC(NCCCS(C)=O)CCO1. The van der Waals surface area contributed by atoms with Gasteiger partial charge in [0.15, 0.2) is 0 Å². The van der Waals surface area contributed by atoms with E-state index in [1.807, 2.05) is 0 Å². The zero-order chi connectivity index (χ0) is 11.1. The Morgan fingerprint density at radius 3 is 3.00 bits per heavy atom. The van der Waals surface area contributed by atoms with Gasteiger partial charge in [0.1, 0.15) is 0 Å². The summed E-state index contributed by atoms with van der Waals surface area (Å²) in [4.78, 5) is 0. The summed E-state index contributed by atoms with van der Waals surface area (Å²) in [6.07, 6.45) is 6.57. The van der Waals surface area contributed by atoms with E-state index < -0.39 is 10.8 Å². The fraction of sp³-hybridized carbons (Fsp3) is 1.00. The van der Waals surface area contributed by atoms with Crippen molar-refractivity contribution in [3.05, 3.63) is 0 Å². The molecule has 0 aromatic rings. The van der Waals surface area contributed by atoms with Crippen molar-refractivity contribution >= 4 is 10.8 Å². The van der Waals surface area contributed by atoms with Crippen molar-refractivity contribution in [3.63, 3.8) is 0 Å². The molecule has 1 saturated heterocycles. The highest BCUT2D eigenvalue weighted by Gasteiger charge is 2.20. The molecule has 0 radical (unpaired) electrons. The van der Waals surface area contributed by atoms with Gasteiger partial charge < -0.3 is 10.1 Å². The fourth-order valence-corrected chi connectivity index (χ4v) is 2.48. The van der Waals surface area contributed by atoms with Gasteiger partial charge in [-0.25, -0.2) is 0 Å². The van der Waals surface area contributed by atoms with Crippen molar-refractivity contribution in [2.75, 3.05) is 25.2 Å². The molecule has 4 heteroatoms. The topological polar surface area (TPSA) is 38.3 Å². The molecule has 0 bridgehead atoms. The van der Waals surface area contributed by atoms with Crippen molar-refractivity contribution in [1.29, 1.82) is 0 Å². The van der Waals surface area contributed by atoms with Gasteiger partial charge in [-0.05, 0) is 32.2 Å². The van der Waals surface area contributed by atoms with Crippen LogP contribution in [-0.4, -0.2) is 41.5 Å². The Bertz CT molecular complexity index is 199. The predicted octanol–water partition coefficient (Wildman–Crippen LogP) is 1.30. The molecule has 1 aliphatic rings. The van der Waals surface area contributed by atoms with Crippen LogP contribution in [-0.2, 0) is 15.5 Å². The second kappa shape index (κ2) is 7.36. The van der Waals surface area contributed by atoms with E-state index in [9.17, 15) is 4.21 Å². The van der Waals surface area contributed by atoms with Crippen molar-refractivity contribution in [1.82, 2.24) is 5.32 Å². The Hall–Kier alpha value is 0.0700. The molecule has 0 aromatic heterocycles. The molecule has 1 heterocycles. The zero-order valence-corrected chi connectivity index (χ0v) is 10.6. The molecule has 0 amide bonds. The summed E-state index contributed by atoms with van der Waals surface area (Å²) in [5, 5.41) is 3.53.